The Labute approximate surface area is 134 Å². The number of nitrogens with one attached hydrogen (secondary N) is 1. The number of pyridine rings is 1. The highest BCUT2D eigenvalue weighted by Gasteiger charge is 2.27. The number of amides is 1. The molecule has 1 aromatic heterocycles. The predicted molar refractivity (Wildman–Crippen MR) is 86.8 cm³/mol. The summed E-state index contributed by atoms with van der Waals surface area (Å²) in [6.45, 7) is 3.13. The van der Waals surface area contributed by atoms with Crippen molar-refractivity contribution in [1.29, 1.82) is 0 Å². The Bertz CT molecular complexity index is 707. The average Bonchev–Trinajstić information content (AvgIpc) is 2.55. The van der Waals surface area contributed by atoms with Crippen LogP contribution in [0.4, 0.5) is 15.0 Å². The van der Waals surface area contributed by atoms with E-state index in [4.69, 9.17) is 4.74 Å². The van der Waals surface area contributed by atoms with E-state index in [0.717, 1.165) is 42.4 Å². The van der Waals surface area contributed by atoms with Gasteiger partial charge in [-0.25, -0.2) is 14.2 Å². The van der Waals surface area contributed by atoms with Crippen LogP contribution in [0.25, 0.3) is 10.8 Å². The molecule has 0 aliphatic carbocycles. The van der Waals surface area contributed by atoms with Gasteiger partial charge in [0.05, 0.1) is 0 Å². The summed E-state index contributed by atoms with van der Waals surface area (Å²) in [6, 6.07) is 6.43. The number of carbonyl (C=O) groups excluding carboxylic acids is 1. The van der Waals surface area contributed by atoms with Gasteiger partial charge in [-0.3, -0.25) is 0 Å². The van der Waals surface area contributed by atoms with E-state index in [0.29, 0.717) is 6.54 Å². The first-order chi connectivity index (χ1) is 11.2. The summed E-state index contributed by atoms with van der Waals surface area (Å²) < 4.78 is 19.0. The zero-order chi connectivity index (χ0) is 16.2. The molecular weight excluding hydrogens is 297 g/mol. The molecule has 1 amide bonds. The fourth-order valence-corrected chi connectivity index (χ4v) is 2.94. The van der Waals surface area contributed by atoms with Crippen LogP contribution in [-0.4, -0.2) is 30.4 Å². The van der Waals surface area contributed by atoms with E-state index >= 15 is 0 Å². The molecule has 3 rings (SSSR count). The molecule has 1 saturated heterocycles. The van der Waals surface area contributed by atoms with E-state index in [9.17, 15) is 9.18 Å². The molecule has 5 nitrogen and oxygen atoms in total. The number of carbonyl (C=O) groups is 1. The molecule has 1 fully saturated rings. The van der Waals surface area contributed by atoms with Gasteiger partial charge in [-0.15, -0.1) is 0 Å². The van der Waals surface area contributed by atoms with Crippen LogP contribution in [0.5, 0.6) is 0 Å². The number of piperidine rings is 1. The first kappa shape index (κ1) is 15.5. The maximum atomic E-state index is 13.4. The van der Waals surface area contributed by atoms with Gasteiger partial charge < -0.3 is 15.0 Å². The molecule has 0 bridgehead atoms. The third kappa shape index (κ3) is 3.36. The lowest BCUT2D eigenvalue weighted by molar-refractivity contribution is 0.0809. The fourth-order valence-electron chi connectivity index (χ4n) is 2.94. The highest BCUT2D eigenvalue weighted by molar-refractivity contribution is 5.92. The summed E-state index contributed by atoms with van der Waals surface area (Å²) >= 11 is 0. The standard InChI is InChI=1S/C17H20FN3O2/c1-2-19-17(22)23-15-5-3-4-10-21(15)16-14-7-6-13(18)11-12(14)8-9-20-16/h6-9,11,15H,2-5,10H2,1H3,(H,19,22). The third-order valence-electron chi connectivity index (χ3n) is 3.99. The lowest BCUT2D eigenvalue weighted by Crippen LogP contribution is -2.44. The van der Waals surface area contributed by atoms with Crippen LogP contribution in [0.3, 0.4) is 0 Å². The van der Waals surface area contributed by atoms with Crippen LogP contribution in [0.2, 0.25) is 0 Å². The van der Waals surface area contributed by atoms with Crippen molar-refractivity contribution in [3.63, 3.8) is 0 Å². The maximum absolute atomic E-state index is 13.4. The molecule has 0 radical (unpaired) electrons. The molecule has 1 unspecified atom stereocenters. The lowest BCUT2D eigenvalue weighted by Gasteiger charge is -2.36. The number of rotatable bonds is 3. The van der Waals surface area contributed by atoms with Gasteiger partial charge in [-0.2, -0.15) is 0 Å². The van der Waals surface area contributed by atoms with Crippen LogP contribution >= 0.6 is 0 Å². The zero-order valence-corrected chi connectivity index (χ0v) is 13.1. The van der Waals surface area contributed by atoms with E-state index in [-0.39, 0.29) is 12.0 Å². The second kappa shape index (κ2) is 6.81. The van der Waals surface area contributed by atoms with Crippen molar-refractivity contribution in [2.45, 2.75) is 32.4 Å². The highest BCUT2D eigenvalue weighted by Crippen LogP contribution is 2.30. The number of aromatic nitrogens is 1. The molecule has 2 heterocycles. The Balaban J connectivity index is 1.93. The van der Waals surface area contributed by atoms with Crippen molar-refractivity contribution in [1.82, 2.24) is 10.3 Å². The lowest BCUT2D eigenvalue weighted by atomic mass is 10.1. The van der Waals surface area contributed by atoms with Crippen molar-refractivity contribution < 1.29 is 13.9 Å². The molecule has 23 heavy (non-hydrogen) atoms. The van der Waals surface area contributed by atoms with Crippen LogP contribution in [0.1, 0.15) is 26.2 Å². The number of hydrogen-bond donors (Lipinski definition) is 1. The molecule has 1 N–H and O–H groups in total. The molecule has 6 heteroatoms. The SMILES string of the molecule is CCNC(=O)OC1CCCCN1c1nccc2cc(F)ccc12. The number of fused-ring (bicyclic) bond motifs is 1. The van der Waals surface area contributed by atoms with Crippen molar-refractivity contribution >= 4 is 22.7 Å². The predicted octanol–water partition coefficient (Wildman–Crippen LogP) is 3.44. The quantitative estimate of drug-likeness (QED) is 0.942. The Morgan fingerprint density at radius 2 is 2.30 bits per heavy atom. The Kier molecular flexibility index (Phi) is 4.60. The number of benzene rings is 1. The minimum Gasteiger partial charge on any atom is -0.425 e. The van der Waals surface area contributed by atoms with E-state index in [1.54, 1.807) is 18.3 Å². The van der Waals surface area contributed by atoms with Crippen molar-refractivity contribution in [3.8, 4) is 0 Å². The average molecular weight is 317 g/mol. The summed E-state index contributed by atoms with van der Waals surface area (Å²) in [5.74, 6) is 0.458. The monoisotopic (exact) mass is 317 g/mol. The van der Waals surface area contributed by atoms with Gasteiger partial charge in [-0.1, -0.05) is 0 Å². The number of alkyl carbamates (subject to hydrolysis) is 1. The zero-order valence-electron chi connectivity index (χ0n) is 13.1. The molecule has 0 spiro atoms. The number of ether oxygens (including phenoxy) is 1. The topological polar surface area (TPSA) is 54.5 Å². The van der Waals surface area contributed by atoms with E-state index in [2.05, 4.69) is 10.3 Å². The molecular formula is C17H20FN3O2. The van der Waals surface area contributed by atoms with Crippen LogP contribution in [0.15, 0.2) is 30.5 Å². The summed E-state index contributed by atoms with van der Waals surface area (Å²) in [7, 11) is 0. The minimum atomic E-state index is -0.421. The minimum absolute atomic E-state index is 0.275. The second-order valence-electron chi connectivity index (χ2n) is 5.58. The Morgan fingerprint density at radius 1 is 1.43 bits per heavy atom. The summed E-state index contributed by atoms with van der Waals surface area (Å²) in [4.78, 5) is 18.2. The van der Waals surface area contributed by atoms with Gasteiger partial charge in [0, 0.05) is 31.1 Å². The van der Waals surface area contributed by atoms with Crippen LogP contribution in [-0.2, 0) is 4.74 Å². The fraction of sp³-hybridized carbons (Fsp3) is 0.412. The molecule has 1 aliphatic heterocycles. The van der Waals surface area contributed by atoms with Gasteiger partial charge in [-0.05, 0) is 49.4 Å². The Hall–Kier alpha value is -2.37. The molecule has 1 aliphatic rings. The van der Waals surface area contributed by atoms with Crippen molar-refractivity contribution in [3.05, 3.63) is 36.3 Å². The first-order valence-corrected chi connectivity index (χ1v) is 7.94. The van der Waals surface area contributed by atoms with Gasteiger partial charge in [0.25, 0.3) is 0 Å². The van der Waals surface area contributed by atoms with Gasteiger partial charge in [0.2, 0.25) is 0 Å². The number of hydrogen-bond acceptors (Lipinski definition) is 4. The van der Waals surface area contributed by atoms with E-state index < -0.39 is 6.09 Å². The number of anilines is 1. The molecule has 0 saturated carbocycles. The normalized spacial score (nSPS) is 18.0. The second-order valence-corrected chi connectivity index (χ2v) is 5.58. The largest absolute Gasteiger partial charge is 0.425 e. The summed E-state index contributed by atoms with van der Waals surface area (Å²) in [5, 5.41) is 4.30. The van der Waals surface area contributed by atoms with Gasteiger partial charge >= 0.3 is 6.09 Å². The molecule has 1 atom stereocenters. The molecule has 122 valence electrons. The third-order valence-corrected chi connectivity index (χ3v) is 3.99. The van der Waals surface area contributed by atoms with Crippen LogP contribution < -0.4 is 10.2 Å². The first-order valence-electron chi connectivity index (χ1n) is 7.94. The van der Waals surface area contributed by atoms with E-state index in [1.165, 1.54) is 12.1 Å². The Morgan fingerprint density at radius 3 is 3.13 bits per heavy atom. The summed E-state index contributed by atoms with van der Waals surface area (Å²) in [5.41, 5.74) is 0. The van der Waals surface area contributed by atoms with Gasteiger partial charge in [0.15, 0.2) is 6.23 Å². The molecule has 2 aromatic rings. The highest BCUT2D eigenvalue weighted by atomic mass is 19.1. The maximum Gasteiger partial charge on any atom is 0.409 e. The van der Waals surface area contributed by atoms with E-state index in [1.807, 2.05) is 11.8 Å². The number of halogens is 1. The van der Waals surface area contributed by atoms with Crippen molar-refractivity contribution in [2.75, 3.05) is 18.0 Å². The number of nitrogens with zero attached hydrogens (tertiary/aromatic N) is 2. The van der Waals surface area contributed by atoms with Crippen molar-refractivity contribution in [2.24, 2.45) is 0 Å². The van der Waals surface area contributed by atoms with Gasteiger partial charge in [0.1, 0.15) is 11.6 Å². The van der Waals surface area contributed by atoms with Crippen LogP contribution in [0, 0.1) is 5.82 Å². The molecule has 1 aromatic carbocycles. The smallest absolute Gasteiger partial charge is 0.409 e. The summed E-state index contributed by atoms with van der Waals surface area (Å²) in [6.07, 6.45) is 3.66.